The number of benzene rings is 1. The van der Waals surface area contributed by atoms with Gasteiger partial charge in [-0.2, -0.15) is 0 Å². The van der Waals surface area contributed by atoms with Gasteiger partial charge in [-0.1, -0.05) is 13.8 Å². The summed E-state index contributed by atoms with van der Waals surface area (Å²) in [5, 5.41) is 9.04. The molecule has 19 heavy (non-hydrogen) atoms. The third-order valence-corrected chi connectivity index (χ3v) is 3.33. The molecule has 0 spiro atoms. The van der Waals surface area contributed by atoms with Crippen molar-refractivity contribution in [2.45, 2.75) is 32.7 Å². The van der Waals surface area contributed by atoms with E-state index in [1.54, 1.807) is 0 Å². The number of ether oxygens (including phenoxy) is 2. The number of fused-ring (bicyclic) bond motifs is 2. The second-order valence-corrected chi connectivity index (χ2v) is 5.05. The largest absolute Gasteiger partial charge is 0.454 e. The molecule has 0 unspecified atom stereocenters. The van der Waals surface area contributed by atoms with Gasteiger partial charge in [0.15, 0.2) is 11.5 Å². The molecule has 3 rings (SSSR count). The van der Waals surface area contributed by atoms with Gasteiger partial charge in [0, 0.05) is 31.2 Å². The SMILES string of the molecule is CC(C)c1nc2cc3c(cc2n1CCCO)OCO3. The Morgan fingerprint density at radius 3 is 2.74 bits per heavy atom. The van der Waals surface area contributed by atoms with E-state index < -0.39 is 0 Å². The van der Waals surface area contributed by atoms with Crippen LogP contribution in [0.1, 0.15) is 32.0 Å². The Hall–Kier alpha value is -1.75. The van der Waals surface area contributed by atoms with Crippen molar-refractivity contribution in [3.05, 3.63) is 18.0 Å². The summed E-state index contributed by atoms with van der Waals surface area (Å²) in [6, 6.07) is 3.91. The highest BCUT2D eigenvalue weighted by atomic mass is 16.7. The standard InChI is InChI=1S/C14H18N2O3/c1-9(2)14-15-10-6-12-13(19-8-18-12)7-11(10)16(14)4-3-5-17/h6-7,9,17H,3-5,8H2,1-2H3. The van der Waals surface area contributed by atoms with Crippen molar-refractivity contribution < 1.29 is 14.6 Å². The number of aliphatic hydroxyl groups is 1. The summed E-state index contributed by atoms with van der Waals surface area (Å²) in [7, 11) is 0. The van der Waals surface area contributed by atoms with Crippen molar-refractivity contribution in [3.8, 4) is 11.5 Å². The predicted octanol–water partition coefficient (Wildman–Crippen LogP) is 2.27. The lowest BCUT2D eigenvalue weighted by Crippen LogP contribution is -2.06. The van der Waals surface area contributed by atoms with Crippen molar-refractivity contribution in [1.82, 2.24) is 9.55 Å². The molecule has 0 fully saturated rings. The summed E-state index contributed by atoms with van der Waals surface area (Å²) in [5.74, 6) is 2.90. The highest BCUT2D eigenvalue weighted by Crippen LogP contribution is 2.37. The number of aliphatic hydroxyl groups excluding tert-OH is 1. The number of imidazole rings is 1. The van der Waals surface area contributed by atoms with Crippen LogP contribution < -0.4 is 9.47 Å². The van der Waals surface area contributed by atoms with Gasteiger partial charge in [-0.25, -0.2) is 4.98 Å². The molecule has 0 radical (unpaired) electrons. The molecular weight excluding hydrogens is 244 g/mol. The summed E-state index contributed by atoms with van der Waals surface area (Å²) >= 11 is 0. The van der Waals surface area contributed by atoms with E-state index in [0.29, 0.717) is 5.92 Å². The zero-order valence-corrected chi connectivity index (χ0v) is 11.2. The summed E-state index contributed by atoms with van der Waals surface area (Å²) in [6.45, 7) is 5.46. The summed E-state index contributed by atoms with van der Waals surface area (Å²) in [6.07, 6.45) is 0.722. The van der Waals surface area contributed by atoms with Gasteiger partial charge in [0.2, 0.25) is 6.79 Å². The molecule has 0 saturated carbocycles. The van der Waals surface area contributed by atoms with Gasteiger partial charge in [-0.15, -0.1) is 0 Å². The highest BCUT2D eigenvalue weighted by Gasteiger charge is 2.19. The molecule has 0 bridgehead atoms. The fourth-order valence-corrected chi connectivity index (χ4v) is 2.44. The zero-order chi connectivity index (χ0) is 13.4. The van der Waals surface area contributed by atoms with Gasteiger partial charge in [0.25, 0.3) is 0 Å². The van der Waals surface area contributed by atoms with Crippen LogP contribution in [-0.2, 0) is 6.54 Å². The molecule has 1 N–H and O–H groups in total. The number of hydrogen-bond acceptors (Lipinski definition) is 4. The third-order valence-electron chi connectivity index (χ3n) is 3.33. The van der Waals surface area contributed by atoms with E-state index in [1.165, 1.54) is 0 Å². The van der Waals surface area contributed by atoms with Crippen LogP contribution in [0.4, 0.5) is 0 Å². The van der Waals surface area contributed by atoms with Crippen molar-refractivity contribution >= 4 is 11.0 Å². The number of rotatable bonds is 4. The summed E-state index contributed by atoms with van der Waals surface area (Å²) < 4.78 is 13.0. The second-order valence-electron chi connectivity index (χ2n) is 5.05. The Bertz CT molecular complexity index is 604. The average molecular weight is 262 g/mol. The highest BCUT2D eigenvalue weighted by molar-refractivity contribution is 5.81. The molecule has 5 heteroatoms. The van der Waals surface area contributed by atoms with E-state index in [4.69, 9.17) is 14.6 Å². The monoisotopic (exact) mass is 262 g/mol. The molecule has 5 nitrogen and oxygen atoms in total. The molecule has 2 heterocycles. The quantitative estimate of drug-likeness (QED) is 0.918. The van der Waals surface area contributed by atoms with Crippen molar-refractivity contribution in [3.63, 3.8) is 0 Å². The normalized spacial score (nSPS) is 13.7. The molecule has 0 saturated heterocycles. The summed E-state index contributed by atoms with van der Waals surface area (Å²) in [5.41, 5.74) is 1.97. The van der Waals surface area contributed by atoms with Gasteiger partial charge in [0.05, 0.1) is 11.0 Å². The molecule has 102 valence electrons. The Balaban J connectivity index is 2.14. The average Bonchev–Trinajstić information content (AvgIpc) is 2.97. The first-order valence-electron chi connectivity index (χ1n) is 6.61. The third kappa shape index (κ3) is 2.04. The lowest BCUT2D eigenvalue weighted by molar-refractivity contribution is 0.174. The maximum atomic E-state index is 9.04. The van der Waals surface area contributed by atoms with E-state index in [0.717, 1.165) is 41.3 Å². The first kappa shape index (κ1) is 12.3. The van der Waals surface area contributed by atoms with Gasteiger partial charge in [0.1, 0.15) is 5.82 Å². The molecule has 1 aliphatic rings. The molecule has 0 atom stereocenters. The van der Waals surface area contributed by atoms with Crippen LogP contribution in [-0.4, -0.2) is 28.1 Å². The van der Waals surface area contributed by atoms with Gasteiger partial charge in [-0.3, -0.25) is 0 Å². The van der Waals surface area contributed by atoms with Gasteiger partial charge in [-0.05, 0) is 6.42 Å². The van der Waals surface area contributed by atoms with E-state index in [1.807, 2.05) is 12.1 Å². The van der Waals surface area contributed by atoms with E-state index in [2.05, 4.69) is 23.4 Å². The van der Waals surface area contributed by atoms with Gasteiger partial charge >= 0.3 is 0 Å². The van der Waals surface area contributed by atoms with E-state index in [-0.39, 0.29) is 13.4 Å². The first-order chi connectivity index (χ1) is 9.20. The minimum absolute atomic E-state index is 0.182. The van der Waals surface area contributed by atoms with Crippen LogP contribution in [0, 0.1) is 0 Å². The number of nitrogens with zero attached hydrogens (tertiary/aromatic N) is 2. The molecule has 2 aromatic rings. The smallest absolute Gasteiger partial charge is 0.231 e. The van der Waals surface area contributed by atoms with Crippen LogP contribution in [0.25, 0.3) is 11.0 Å². The molecule has 1 aromatic carbocycles. The van der Waals surface area contributed by atoms with Crippen molar-refractivity contribution in [2.24, 2.45) is 0 Å². The first-order valence-corrected chi connectivity index (χ1v) is 6.61. The van der Waals surface area contributed by atoms with Crippen LogP contribution in [0.2, 0.25) is 0 Å². The fourth-order valence-electron chi connectivity index (χ4n) is 2.44. The number of aryl methyl sites for hydroxylation is 1. The Labute approximate surface area is 111 Å². The van der Waals surface area contributed by atoms with Crippen molar-refractivity contribution in [2.75, 3.05) is 13.4 Å². The minimum Gasteiger partial charge on any atom is -0.454 e. The predicted molar refractivity (Wildman–Crippen MR) is 71.6 cm³/mol. The Morgan fingerprint density at radius 1 is 1.32 bits per heavy atom. The molecule has 0 amide bonds. The van der Waals surface area contributed by atoms with Crippen LogP contribution in [0.3, 0.4) is 0 Å². The van der Waals surface area contributed by atoms with Crippen molar-refractivity contribution in [1.29, 1.82) is 0 Å². The fraction of sp³-hybridized carbons (Fsp3) is 0.500. The topological polar surface area (TPSA) is 56.5 Å². The minimum atomic E-state index is 0.182. The summed E-state index contributed by atoms with van der Waals surface area (Å²) in [4.78, 5) is 4.69. The van der Waals surface area contributed by atoms with E-state index >= 15 is 0 Å². The molecular formula is C14H18N2O3. The lowest BCUT2D eigenvalue weighted by atomic mass is 10.2. The number of hydrogen-bond donors (Lipinski definition) is 1. The zero-order valence-electron chi connectivity index (χ0n) is 11.2. The maximum Gasteiger partial charge on any atom is 0.231 e. The van der Waals surface area contributed by atoms with Crippen LogP contribution >= 0.6 is 0 Å². The van der Waals surface area contributed by atoms with Crippen LogP contribution in [0.15, 0.2) is 12.1 Å². The van der Waals surface area contributed by atoms with E-state index in [9.17, 15) is 0 Å². The molecule has 0 aliphatic carbocycles. The maximum absolute atomic E-state index is 9.04. The second kappa shape index (κ2) is 4.74. The molecule has 1 aromatic heterocycles. The number of aromatic nitrogens is 2. The Kier molecular flexibility index (Phi) is 3.06. The Morgan fingerprint density at radius 2 is 2.05 bits per heavy atom. The van der Waals surface area contributed by atoms with Crippen LogP contribution in [0.5, 0.6) is 11.5 Å². The van der Waals surface area contributed by atoms with Gasteiger partial charge < -0.3 is 19.1 Å². The lowest BCUT2D eigenvalue weighted by Gasteiger charge is -2.10. The molecule has 1 aliphatic heterocycles.